The van der Waals surface area contributed by atoms with E-state index in [2.05, 4.69) is 34.6 Å². The summed E-state index contributed by atoms with van der Waals surface area (Å²) in [6, 6.07) is 0. The average molecular weight is 877 g/mol. The predicted octanol–water partition coefficient (Wildman–Crippen LogP) is 18.1. The summed E-state index contributed by atoms with van der Waals surface area (Å²) >= 11 is 0. The van der Waals surface area contributed by atoms with Crippen LogP contribution < -0.4 is 0 Å². The molecule has 0 aromatic heterocycles. The Morgan fingerprint density at radius 3 is 0.790 bits per heavy atom. The van der Waals surface area contributed by atoms with E-state index >= 15 is 0 Å². The molecule has 62 heavy (non-hydrogen) atoms. The third kappa shape index (κ3) is 49.4. The molecule has 0 saturated carbocycles. The quantitative estimate of drug-likeness (QED) is 0.0344. The Morgan fingerprint density at radius 2 is 0.532 bits per heavy atom. The van der Waals surface area contributed by atoms with Gasteiger partial charge in [-0.1, -0.05) is 272 Å². The van der Waals surface area contributed by atoms with Crippen LogP contribution in [0.3, 0.4) is 0 Å². The Balaban J connectivity index is 4.30. The van der Waals surface area contributed by atoms with Gasteiger partial charge in [-0.25, -0.2) is 0 Å². The lowest BCUT2D eigenvalue weighted by Gasteiger charge is -2.18. The molecule has 0 aliphatic heterocycles. The summed E-state index contributed by atoms with van der Waals surface area (Å²) in [5.74, 6) is 0.819. The molecule has 0 aliphatic carbocycles. The second-order valence-corrected chi connectivity index (χ2v) is 20.2. The minimum absolute atomic E-state index is 0.0630. The van der Waals surface area contributed by atoms with Crippen molar-refractivity contribution in [1.29, 1.82) is 0 Å². The van der Waals surface area contributed by atoms with E-state index < -0.39 is 6.10 Å². The number of ether oxygens (including phenoxy) is 3. The van der Waals surface area contributed by atoms with E-state index in [9.17, 15) is 14.4 Å². The molecule has 368 valence electrons. The van der Waals surface area contributed by atoms with Crippen molar-refractivity contribution < 1.29 is 28.6 Å². The van der Waals surface area contributed by atoms with Gasteiger partial charge in [0.15, 0.2) is 6.10 Å². The molecule has 0 aliphatic rings. The SMILES string of the molecule is CCCCCCCCCCCCCCCCC(=O)OC[C@H](COC(=O)CCCCCCCCCCCCC(C)C)OC(=O)CCCCCCCCCCCCCCCCC(C)C. The summed E-state index contributed by atoms with van der Waals surface area (Å²) in [4.78, 5) is 38.1. The molecule has 0 amide bonds. The summed E-state index contributed by atoms with van der Waals surface area (Å²) in [5.41, 5.74) is 0. The molecule has 0 bridgehead atoms. The highest BCUT2D eigenvalue weighted by atomic mass is 16.6. The maximum absolute atomic E-state index is 12.8. The molecule has 0 radical (unpaired) electrons. The molecule has 0 fully saturated rings. The molecule has 0 rings (SSSR count). The zero-order valence-corrected chi connectivity index (χ0v) is 42.5. The number of esters is 3. The van der Waals surface area contributed by atoms with Crippen LogP contribution in [0.15, 0.2) is 0 Å². The van der Waals surface area contributed by atoms with Gasteiger partial charge in [0.1, 0.15) is 13.2 Å². The first kappa shape index (κ1) is 60.4. The summed E-state index contributed by atoms with van der Waals surface area (Å²) in [6.07, 6.45) is 50.9. The van der Waals surface area contributed by atoms with Crippen LogP contribution in [0, 0.1) is 11.8 Å². The van der Waals surface area contributed by atoms with E-state index in [0.717, 1.165) is 69.6 Å². The molecule has 6 heteroatoms. The van der Waals surface area contributed by atoms with Crippen molar-refractivity contribution in [1.82, 2.24) is 0 Å². The normalized spacial score (nSPS) is 12.0. The van der Waals surface area contributed by atoms with Gasteiger partial charge < -0.3 is 14.2 Å². The second-order valence-electron chi connectivity index (χ2n) is 20.2. The Labute approximate surface area is 387 Å². The number of carbonyl (C=O) groups is 3. The third-order valence-electron chi connectivity index (χ3n) is 12.7. The second kappa shape index (κ2) is 48.9. The lowest BCUT2D eigenvalue weighted by atomic mass is 10.0. The molecule has 0 heterocycles. The number of carbonyl (C=O) groups excluding carboxylic acids is 3. The van der Waals surface area contributed by atoms with Crippen LogP contribution >= 0.6 is 0 Å². The fourth-order valence-corrected chi connectivity index (χ4v) is 8.52. The molecule has 0 spiro atoms. The minimum Gasteiger partial charge on any atom is -0.462 e. The summed E-state index contributed by atoms with van der Waals surface area (Å²) in [7, 11) is 0. The first-order chi connectivity index (χ1) is 30.2. The van der Waals surface area contributed by atoms with Crippen molar-refractivity contribution in [3.63, 3.8) is 0 Å². The monoisotopic (exact) mass is 877 g/mol. The van der Waals surface area contributed by atoms with Crippen LogP contribution in [0.2, 0.25) is 0 Å². The highest BCUT2D eigenvalue weighted by molar-refractivity contribution is 5.71. The summed E-state index contributed by atoms with van der Waals surface area (Å²) in [6.45, 7) is 11.4. The smallest absolute Gasteiger partial charge is 0.306 e. The van der Waals surface area contributed by atoms with Crippen LogP contribution in [-0.4, -0.2) is 37.2 Å². The third-order valence-corrected chi connectivity index (χ3v) is 12.7. The van der Waals surface area contributed by atoms with Crippen molar-refractivity contribution in [2.45, 2.75) is 317 Å². The molecule has 0 N–H and O–H groups in total. The Kier molecular flexibility index (Phi) is 47.6. The van der Waals surface area contributed by atoms with E-state index in [4.69, 9.17) is 14.2 Å². The van der Waals surface area contributed by atoms with Crippen LogP contribution in [0.1, 0.15) is 311 Å². The Bertz CT molecular complexity index is 947. The molecular weight excluding hydrogens is 769 g/mol. The highest BCUT2D eigenvalue weighted by Crippen LogP contribution is 2.18. The van der Waals surface area contributed by atoms with Crippen LogP contribution in [-0.2, 0) is 28.6 Å². The van der Waals surface area contributed by atoms with Gasteiger partial charge in [-0.3, -0.25) is 14.4 Å². The molecule has 0 aromatic carbocycles. The lowest BCUT2D eigenvalue weighted by molar-refractivity contribution is -0.167. The molecule has 6 nitrogen and oxygen atoms in total. The van der Waals surface area contributed by atoms with Crippen molar-refractivity contribution in [3.8, 4) is 0 Å². The van der Waals surface area contributed by atoms with Crippen molar-refractivity contribution in [3.05, 3.63) is 0 Å². The van der Waals surface area contributed by atoms with Gasteiger partial charge in [0.05, 0.1) is 0 Å². The van der Waals surface area contributed by atoms with Crippen LogP contribution in [0.5, 0.6) is 0 Å². The zero-order valence-electron chi connectivity index (χ0n) is 42.5. The molecule has 1 atom stereocenters. The van der Waals surface area contributed by atoms with Gasteiger partial charge in [0.25, 0.3) is 0 Å². The van der Waals surface area contributed by atoms with Gasteiger partial charge >= 0.3 is 17.9 Å². The number of hydrogen-bond acceptors (Lipinski definition) is 6. The first-order valence-electron chi connectivity index (χ1n) is 27.7. The highest BCUT2D eigenvalue weighted by Gasteiger charge is 2.19. The topological polar surface area (TPSA) is 78.9 Å². The van der Waals surface area contributed by atoms with Gasteiger partial charge in [-0.2, -0.15) is 0 Å². The number of unbranched alkanes of at least 4 members (excludes halogenated alkanes) is 35. The van der Waals surface area contributed by atoms with E-state index in [1.165, 1.54) is 199 Å². The standard InChI is InChI=1S/C56H108O6/c1-6-7-8-9-10-11-12-13-17-20-26-31-36-41-46-54(57)60-49-53(50-61-55(58)47-42-37-32-27-23-22-25-30-35-40-45-52(4)5)62-56(59)48-43-38-33-28-21-18-15-14-16-19-24-29-34-39-44-51(2)3/h51-53H,6-50H2,1-5H3/t53-/m1/s1. The van der Waals surface area contributed by atoms with Crippen molar-refractivity contribution in [2.24, 2.45) is 11.8 Å². The maximum Gasteiger partial charge on any atom is 0.306 e. The fraction of sp³-hybridized carbons (Fsp3) is 0.946. The van der Waals surface area contributed by atoms with Crippen molar-refractivity contribution in [2.75, 3.05) is 13.2 Å². The van der Waals surface area contributed by atoms with E-state index in [1.807, 2.05) is 0 Å². The molecule has 0 saturated heterocycles. The van der Waals surface area contributed by atoms with E-state index in [0.29, 0.717) is 19.3 Å². The van der Waals surface area contributed by atoms with Gasteiger partial charge in [0.2, 0.25) is 0 Å². The fourth-order valence-electron chi connectivity index (χ4n) is 8.52. The molecule has 0 aromatic rings. The average Bonchev–Trinajstić information content (AvgIpc) is 3.24. The van der Waals surface area contributed by atoms with E-state index in [1.54, 1.807) is 0 Å². The van der Waals surface area contributed by atoms with Gasteiger partial charge in [0, 0.05) is 19.3 Å². The van der Waals surface area contributed by atoms with Gasteiger partial charge in [-0.15, -0.1) is 0 Å². The predicted molar refractivity (Wildman–Crippen MR) is 266 cm³/mol. The lowest BCUT2D eigenvalue weighted by Crippen LogP contribution is -2.30. The van der Waals surface area contributed by atoms with Crippen LogP contribution in [0.25, 0.3) is 0 Å². The summed E-state index contributed by atoms with van der Waals surface area (Å²) in [5, 5.41) is 0. The number of hydrogen-bond donors (Lipinski definition) is 0. The van der Waals surface area contributed by atoms with E-state index in [-0.39, 0.29) is 31.1 Å². The first-order valence-corrected chi connectivity index (χ1v) is 27.7. The minimum atomic E-state index is -0.762. The summed E-state index contributed by atoms with van der Waals surface area (Å²) < 4.78 is 16.9. The molecular formula is C56H108O6. The largest absolute Gasteiger partial charge is 0.462 e. The zero-order chi connectivity index (χ0) is 45.4. The maximum atomic E-state index is 12.8. The van der Waals surface area contributed by atoms with Gasteiger partial charge in [-0.05, 0) is 31.1 Å². The van der Waals surface area contributed by atoms with Crippen molar-refractivity contribution >= 4 is 17.9 Å². The Hall–Kier alpha value is -1.59. The van der Waals surface area contributed by atoms with Crippen LogP contribution in [0.4, 0.5) is 0 Å². The molecule has 0 unspecified atom stereocenters. The number of rotatable bonds is 50. The Morgan fingerprint density at radius 1 is 0.306 bits per heavy atom.